The third-order valence-electron chi connectivity index (χ3n) is 3.45. The summed E-state index contributed by atoms with van der Waals surface area (Å²) < 4.78 is 12.0. The van der Waals surface area contributed by atoms with Crippen LogP contribution in [0.1, 0.15) is 46.1 Å². The minimum Gasteiger partial charge on any atom is -0.428 e. The van der Waals surface area contributed by atoms with Gasteiger partial charge in [0.05, 0.1) is 13.3 Å². The topological polar surface area (TPSA) is 35.5 Å². The van der Waals surface area contributed by atoms with Crippen LogP contribution in [0.4, 0.5) is 4.79 Å². The molecule has 2 rings (SSSR count). The van der Waals surface area contributed by atoms with Crippen molar-refractivity contribution in [1.29, 1.82) is 0 Å². The smallest absolute Gasteiger partial charge is 0.428 e. The zero-order chi connectivity index (χ0) is 16.3. The highest BCUT2D eigenvalue weighted by Gasteiger charge is 2.39. The van der Waals surface area contributed by atoms with Gasteiger partial charge in [0.25, 0.3) is 0 Å². The Hall–Kier alpha value is -1.17. The molecular formula is C18H22IO3+. The minimum atomic E-state index is -0.593. The zero-order valence-electron chi connectivity index (χ0n) is 13.5. The molecule has 0 amide bonds. The average molecular weight is 413 g/mol. The molecule has 1 aromatic rings. The van der Waals surface area contributed by atoms with E-state index in [0.29, 0.717) is 0 Å². The Labute approximate surface area is 146 Å². The Morgan fingerprint density at radius 2 is 1.91 bits per heavy atom. The number of hydrogen-bond acceptors (Lipinski definition) is 3. The Balaban J connectivity index is 2.07. The van der Waals surface area contributed by atoms with Crippen molar-refractivity contribution in [3.8, 4) is 0 Å². The van der Waals surface area contributed by atoms with E-state index < -0.39 is 11.8 Å². The molecule has 1 atom stereocenters. The molecule has 1 unspecified atom stereocenters. The molecule has 0 spiro atoms. The fourth-order valence-corrected chi connectivity index (χ4v) is 3.28. The molecule has 0 N–H and O–H groups in total. The molecule has 0 fully saturated rings. The van der Waals surface area contributed by atoms with Gasteiger partial charge >= 0.3 is 6.16 Å². The van der Waals surface area contributed by atoms with Crippen molar-refractivity contribution in [2.24, 2.45) is 0 Å². The summed E-state index contributed by atoms with van der Waals surface area (Å²) in [5, 5.41) is 0. The van der Waals surface area contributed by atoms with Crippen LogP contribution in [0, 0.1) is 5.92 Å². The van der Waals surface area contributed by atoms with Gasteiger partial charge in [0.1, 0.15) is 17.9 Å². The largest absolute Gasteiger partial charge is 0.512 e. The molecule has 4 heteroatoms. The summed E-state index contributed by atoms with van der Waals surface area (Å²) in [5.41, 5.74) is 2.03. The van der Waals surface area contributed by atoms with E-state index in [-0.39, 0.29) is 6.10 Å². The molecule has 0 bridgehead atoms. The van der Waals surface area contributed by atoms with E-state index >= 15 is 0 Å². The lowest BCUT2D eigenvalue weighted by Crippen LogP contribution is -2.31. The van der Waals surface area contributed by atoms with Crippen LogP contribution in [0.2, 0.25) is 0 Å². The maximum Gasteiger partial charge on any atom is 0.512 e. The molecule has 0 saturated heterocycles. The van der Waals surface area contributed by atoms with Crippen LogP contribution in [0.15, 0.2) is 33.9 Å². The standard InChI is InChI=1S/C18H22IO3/c1-12-10-14(13-8-6-5-7-9-13)15(19)11-16(12)21-17(20)22-18(2,3)4/h5-9,16H,10-11H2,1-4H3/q+1. The molecule has 0 aromatic heterocycles. The van der Waals surface area contributed by atoms with E-state index in [4.69, 9.17) is 9.47 Å². The van der Waals surface area contributed by atoms with E-state index in [1.54, 1.807) is 0 Å². The second-order valence-corrected chi connectivity index (χ2v) is 7.85. The number of ether oxygens (including phenoxy) is 2. The first kappa shape index (κ1) is 17.2. The van der Waals surface area contributed by atoms with Gasteiger partial charge in [-0.25, -0.2) is 4.79 Å². The number of halogens is 1. The Morgan fingerprint density at radius 3 is 2.50 bits per heavy atom. The van der Waals surface area contributed by atoms with Gasteiger partial charge in [0.2, 0.25) is 6.10 Å². The van der Waals surface area contributed by atoms with Crippen molar-refractivity contribution in [3.63, 3.8) is 0 Å². The summed E-state index contributed by atoms with van der Waals surface area (Å²) in [5.74, 6) is 1.16. The van der Waals surface area contributed by atoms with Crippen molar-refractivity contribution >= 4 is 34.3 Å². The number of hydrogen-bond donors (Lipinski definition) is 0. The molecule has 22 heavy (non-hydrogen) atoms. The maximum absolute atomic E-state index is 11.9. The number of carbonyl (C=O) groups is 1. The highest BCUT2D eigenvalue weighted by atomic mass is 127. The average Bonchev–Trinajstić information content (AvgIpc) is 2.41. The Morgan fingerprint density at radius 1 is 1.27 bits per heavy atom. The summed E-state index contributed by atoms with van der Waals surface area (Å²) in [7, 11) is 0. The summed E-state index contributed by atoms with van der Waals surface area (Å²) in [6.45, 7) is 7.55. The van der Waals surface area contributed by atoms with Crippen LogP contribution in [0.25, 0.3) is 5.57 Å². The molecule has 3 nitrogen and oxygen atoms in total. The molecular weight excluding hydrogens is 391 g/mol. The summed E-state index contributed by atoms with van der Waals surface area (Å²) in [4.78, 5) is 11.9. The van der Waals surface area contributed by atoms with Crippen LogP contribution in [0.3, 0.4) is 0 Å². The zero-order valence-corrected chi connectivity index (χ0v) is 15.6. The van der Waals surface area contributed by atoms with Crippen LogP contribution < -0.4 is 0 Å². The molecule has 118 valence electrons. The Kier molecular flexibility index (Phi) is 5.42. The van der Waals surface area contributed by atoms with Crippen LogP contribution in [-0.2, 0) is 9.47 Å². The van der Waals surface area contributed by atoms with Crippen LogP contribution in [-0.4, -0.2) is 17.9 Å². The van der Waals surface area contributed by atoms with Crippen LogP contribution in [0.5, 0.6) is 0 Å². The molecule has 0 aliphatic heterocycles. The van der Waals surface area contributed by atoms with Crippen molar-refractivity contribution in [3.05, 3.63) is 45.4 Å². The summed E-state index contributed by atoms with van der Waals surface area (Å²) in [6, 6.07) is 10.4. The van der Waals surface area contributed by atoms with Crippen molar-refractivity contribution < 1.29 is 14.3 Å². The fraction of sp³-hybridized carbons (Fsp3) is 0.444. The lowest BCUT2D eigenvalue weighted by atomic mass is 9.84. The van der Waals surface area contributed by atoms with Crippen LogP contribution >= 0.6 is 22.6 Å². The maximum atomic E-state index is 11.9. The van der Waals surface area contributed by atoms with E-state index in [1.807, 2.05) is 45.9 Å². The van der Waals surface area contributed by atoms with Crippen molar-refractivity contribution in [2.75, 3.05) is 0 Å². The summed E-state index contributed by atoms with van der Waals surface area (Å²) in [6.07, 6.45) is 0.754. The first-order valence-electron chi connectivity index (χ1n) is 7.41. The third kappa shape index (κ3) is 4.66. The molecule has 1 aliphatic rings. The number of benzene rings is 1. The Bertz CT molecular complexity index is 557. The van der Waals surface area contributed by atoms with Gasteiger partial charge in [0.15, 0.2) is 0 Å². The number of allylic oxidation sites excluding steroid dienone is 1. The van der Waals surface area contributed by atoms with Gasteiger partial charge in [-0.1, -0.05) is 30.3 Å². The van der Waals surface area contributed by atoms with Crippen molar-refractivity contribution in [1.82, 2.24) is 0 Å². The van der Waals surface area contributed by atoms with Crippen molar-refractivity contribution in [2.45, 2.75) is 52.2 Å². The predicted molar refractivity (Wildman–Crippen MR) is 96.6 cm³/mol. The molecule has 0 radical (unpaired) electrons. The highest BCUT2D eigenvalue weighted by molar-refractivity contribution is 14.1. The SMILES string of the molecule is C[C+]1CC(c2ccccc2)=C(I)CC1OC(=O)OC(C)(C)C. The van der Waals surface area contributed by atoms with E-state index in [1.165, 1.54) is 14.7 Å². The molecule has 1 aromatic carbocycles. The first-order chi connectivity index (χ1) is 10.3. The quantitative estimate of drug-likeness (QED) is 0.363. The normalized spacial score (nSPS) is 19.1. The summed E-state index contributed by atoms with van der Waals surface area (Å²) >= 11 is 2.36. The van der Waals surface area contributed by atoms with Gasteiger partial charge in [-0.2, -0.15) is 0 Å². The minimum absolute atomic E-state index is 0.200. The molecule has 1 aliphatic carbocycles. The van der Waals surface area contributed by atoms with E-state index in [0.717, 1.165) is 18.8 Å². The molecule has 0 saturated carbocycles. The number of rotatable bonds is 2. The third-order valence-corrected chi connectivity index (χ3v) is 4.54. The number of carbonyl (C=O) groups excluding carboxylic acids is 1. The first-order valence-corrected chi connectivity index (χ1v) is 8.49. The van der Waals surface area contributed by atoms with Gasteiger partial charge in [-0.15, -0.1) is 0 Å². The highest BCUT2D eigenvalue weighted by Crippen LogP contribution is 2.41. The van der Waals surface area contributed by atoms with E-state index in [9.17, 15) is 4.79 Å². The fourth-order valence-electron chi connectivity index (χ4n) is 2.38. The lowest BCUT2D eigenvalue weighted by Gasteiger charge is -2.25. The predicted octanol–water partition coefficient (Wildman–Crippen LogP) is 5.54. The monoisotopic (exact) mass is 413 g/mol. The van der Waals surface area contributed by atoms with E-state index in [2.05, 4.69) is 34.7 Å². The second-order valence-electron chi connectivity index (χ2n) is 6.55. The van der Waals surface area contributed by atoms with Gasteiger partial charge in [-0.3, -0.25) is 0 Å². The lowest BCUT2D eigenvalue weighted by molar-refractivity contribution is -0.0241. The van der Waals surface area contributed by atoms with Gasteiger partial charge in [0, 0.05) is 9.15 Å². The molecule has 0 heterocycles. The van der Waals surface area contributed by atoms with Gasteiger partial charge < -0.3 is 9.47 Å². The van der Waals surface area contributed by atoms with Gasteiger partial charge in [-0.05, 0) is 48.9 Å². The second kappa shape index (κ2) is 6.94.